The molecule has 148 valence electrons. The minimum atomic E-state index is -4.72. The normalized spacial score (nSPS) is 17.8. The average Bonchev–Trinajstić information content (AvgIpc) is 2.86. The first-order valence-electron chi connectivity index (χ1n) is 8.54. The van der Waals surface area contributed by atoms with Crippen LogP contribution >= 0.6 is 0 Å². The van der Waals surface area contributed by atoms with Gasteiger partial charge in [0.25, 0.3) is 0 Å². The average molecular weight is 402 g/mol. The fraction of sp³-hybridized carbons (Fsp3) is 0.471. The predicted molar refractivity (Wildman–Crippen MR) is 93.3 cm³/mol. The highest BCUT2D eigenvalue weighted by Gasteiger charge is 2.39. The zero-order valence-corrected chi connectivity index (χ0v) is 15.7. The minimum absolute atomic E-state index is 0.138. The van der Waals surface area contributed by atoms with Crippen LogP contribution in [0, 0.1) is 0 Å². The smallest absolute Gasteiger partial charge is 0.337 e. The molecule has 0 N–H and O–H groups in total. The molecule has 1 saturated heterocycles. The first-order valence-corrected chi connectivity index (χ1v) is 9.98. The van der Waals surface area contributed by atoms with Gasteiger partial charge in [0, 0.05) is 39.1 Å². The number of hydrogen-bond acceptors (Lipinski definition) is 4. The van der Waals surface area contributed by atoms with Crippen molar-refractivity contribution in [1.82, 2.24) is 18.8 Å². The summed E-state index contributed by atoms with van der Waals surface area (Å²) in [5.74, 6) is 0.855. The Hall–Kier alpha value is -1.91. The number of nitrogens with zero attached hydrogens (tertiary/aromatic N) is 4. The second-order valence-corrected chi connectivity index (χ2v) is 8.39. The third-order valence-electron chi connectivity index (χ3n) is 4.64. The Kier molecular flexibility index (Phi) is 5.59. The molecule has 27 heavy (non-hydrogen) atoms. The lowest BCUT2D eigenvalue weighted by molar-refractivity contribution is -0.139. The molecule has 0 spiro atoms. The van der Waals surface area contributed by atoms with E-state index < -0.39 is 26.7 Å². The van der Waals surface area contributed by atoms with Gasteiger partial charge in [-0.05, 0) is 25.1 Å². The van der Waals surface area contributed by atoms with Crippen LogP contribution in [0.3, 0.4) is 0 Å². The molecule has 0 unspecified atom stereocenters. The van der Waals surface area contributed by atoms with Gasteiger partial charge in [-0.1, -0.05) is 12.1 Å². The van der Waals surface area contributed by atoms with Crippen LogP contribution in [0.2, 0.25) is 0 Å². The molecular formula is C17H21F3N4O2S. The van der Waals surface area contributed by atoms with Crippen LogP contribution in [0.5, 0.6) is 0 Å². The lowest BCUT2D eigenvalue weighted by Crippen LogP contribution is -2.36. The van der Waals surface area contributed by atoms with Gasteiger partial charge in [0.15, 0.2) is 0 Å². The van der Waals surface area contributed by atoms with Crippen molar-refractivity contribution in [3.8, 4) is 0 Å². The summed E-state index contributed by atoms with van der Waals surface area (Å²) in [6.45, 7) is 1.97. The number of alkyl halides is 3. The van der Waals surface area contributed by atoms with Crippen LogP contribution in [0.4, 0.5) is 13.2 Å². The molecule has 0 radical (unpaired) electrons. The largest absolute Gasteiger partial charge is 0.417 e. The molecule has 1 fully saturated rings. The number of aromatic nitrogens is 2. The number of benzene rings is 1. The summed E-state index contributed by atoms with van der Waals surface area (Å²) in [6.07, 6.45) is -0.659. The van der Waals surface area contributed by atoms with E-state index in [1.807, 2.05) is 17.8 Å². The standard InChI is InChI=1S/C17H21F3N4O2S/c1-22-10-7-21-16(22)13-23-8-4-9-24(12-11-23)27(25,26)15-6-3-2-5-14(15)17(18,19)20/h2-3,5-7,10H,4,8-9,11-13H2,1H3. The Morgan fingerprint density at radius 2 is 1.85 bits per heavy atom. The van der Waals surface area contributed by atoms with Crippen molar-refractivity contribution in [3.63, 3.8) is 0 Å². The monoisotopic (exact) mass is 402 g/mol. The number of imidazole rings is 1. The van der Waals surface area contributed by atoms with E-state index in [0.29, 0.717) is 26.1 Å². The first-order chi connectivity index (χ1) is 12.7. The fourth-order valence-electron chi connectivity index (χ4n) is 3.16. The molecule has 0 aliphatic carbocycles. The predicted octanol–water partition coefficient (Wildman–Crippen LogP) is 2.34. The van der Waals surface area contributed by atoms with Gasteiger partial charge in [-0.25, -0.2) is 13.4 Å². The SMILES string of the molecule is Cn1ccnc1CN1CCCN(S(=O)(=O)c2ccccc2C(F)(F)F)CC1. The highest BCUT2D eigenvalue weighted by Crippen LogP contribution is 2.35. The molecule has 1 aliphatic heterocycles. The lowest BCUT2D eigenvalue weighted by atomic mass is 10.2. The van der Waals surface area contributed by atoms with Gasteiger partial charge in [-0.2, -0.15) is 17.5 Å². The Morgan fingerprint density at radius 3 is 2.52 bits per heavy atom. The molecule has 0 saturated carbocycles. The summed E-state index contributed by atoms with van der Waals surface area (Å²) in [6, 6.07) is 4.33. The van der Waals surface area contributed by atoms with Crippen molar-refractivity contribution in [2.45, 2.75) is 24.0 Å². The molecular weight excluding hydrogens is 381 g/mol. The third kappa shape index (κ3) is 4.33. The summed E-state index contributed by atoms with van der Waals surface area (Å²) < 4.78 is 68.5. The van der Waals surface area contributed by atoms with Gasteiger partial charge >= 0.3 is 6.18 Å². The van der Waals surface area contributed by atoms with Crippen LogP contribution in [-0.4, -0.2) is 53.4 Å². The fourth-order valence-corrected chi connectivity index (χ4v) is 4.84. The van der Waals surface area contributed by atoms with Gasteiger partial charge in [0.1, 0.15) is 5.82 Å². The Bertz CT molecular complexity index is 896. The molecule has 1 aromatic heterocycles. The highest BCUT2D eigenvalue weighted by molar-refractivity contribution is 7.89. The summed E-state index contributed by atoms with van der Waals surface area (Å²) in [5, 5.41) is 0. The Labute approximate surface area is 156 Å². The van der Waals surface area contributed by atoms with E-state index in [-0.39, 0.29) is 13.1 Å². The maximum Gasteiger partial charge on any atom is 0.417 e. The van der Waals surface area contributed by atoms with Gasteiger partial charge in [0.05, 0.1) is 17.0 Å². The first kappa shape index (κ1) is 19.8. The topological polar surface area (TPSA) is 58.4 Å². The van der Waals surface area contributed by atoms with Crippen molar-refractivity contribution < 1.29 is 21.6 Å². The van der Waals surface area contributed by atoms with Crippen LogP contribution in [0.25, 0.3) is 0 Å². The molecule has 0 bridgehead atoms. The molecule has 1 aliphatic rings. The molecule has 0 atom stereocenters. The van der Waals surface area contributed by atoms with Crippen molar-refractivity contribution in [2.75, 3.05) is 26.2 Å². The maximum atomic E-state index is 13.2. The quantitative estimate of drug-likeness (QED) is 0.788. The van der Waals surface area contributed by atoms with Gasteiger partial charge in [-0.3, -0.25) is 4.90 Å². The molecule has 6 nitrogen and oxygen atoms in total. The minimum Gasteiger partial charge on any atom is -0.337 e. The molecule has 2 heterocycles. The summed E-state index contributed by atoms with van der Waals surface area (Å²) in [7, 11) is -2.35. The molecule has 1 aromatic carbocycles. The van der Waals surface area contributed by atoms with E-state index in [4.69, 9.17) is 0 Å². The number of hydrogen-bond donors (Lipinski definition) is 0. The van der Waals surface area contributed by atoms with E-state index in [1.165, 1.54) is 12.1 Å². The van der Waals surface area contributed by atoms with Crippen molar-refractivity contribution in [3.05, 3.63) is 48.0 Å². The molecule has 10 heteroatoms. The zero-order valence-electron chi connectivity index (χ0n) is 14.9. The van der Waals surface area contributed by atoms with Crippen molar-refractivity contribution in [2.24, 2.45) is 7.05 Å². The Balaban J connectivity index is 1.78. The van der Waals surface area contributed by atoms with Crippen LogP contribution in [-0.2, 0) is 29.8 Å². The van der Waals surface area contributed by atoms with Gasteiger partial charge < -0.3 is 4.57 Å². The Morgan fingerprint density at radius 1 is 1.11 bits per heavy atom. The van der Waals surface area contributed by atoms with Crippen LogP contribution < -0.4 is 0 Å². The van der Waals surface area contributed by atoms with E-state index in [9.17, 15) is 21.6 Å². The second-order valence-electron chi connectivity index (χ2n) is 6.48. The second kappa shape index (κ2) is 7.61. The molecule has 3 rings (SSSR count). The third-order valence-corrected chi connectivity index (χ3v) is 6.60. The van der Waals surface area contributed by atoms with E-state index in [0.717, 1.165) is 22.3 Å². The summed E-state index contributed by atoms with van der Waals surface area (Å²) in [4.78, 5) is 5.64. The number of sulfonamides is 1. The molecule has 0 amide bonds. The van der Waals surface area contributed by atoms with E-state index in [1.54, 1.807) is 6.20 Å². The maximum absolute atomic E-state index is 13.2. The summed E-state index contributed by atoms with van der Waals surface area (Å²) >= 11 is 0. The van der Waals surface area contributed by atoms with Crippen LogP contribution in [0.1, 0.15) is 17.8 Å². The number of rotatable bonds is 4. The zero-order chi connectivity index (χ0) is 19.7. The van der Waals surface area contributed by atoms with Gasteiger partial charge in [-0.15, -0.1) is 0 Å². The van der Waals surface area contributed by atoms with E-state index >= 15 is 0 Å². The summed E-state index contributed by atoms with van der Waals surface area (Å²) in [5.41, 5.74) is -1.13. The van der Waals surface area contributed by atoms with Crippen molar-refractivity contribution in [1.29, 1.82) is 0 Å². The lowest BCUT2D eigenvalue weighted by Gasteiger charge is -2.23. The molecule has 2 aromatic rings. The van der Waals surface area contributed by atoms with Gasteiger partial charge in [0.2, 0.25) is 10.0 Å². The van der Waals surface area contributed by atoms with E-state index in [2.05, 4.69) is 9.88 Å². The van der Waals surface area contributed by atoms with Crippen LogP contribution in [0.15, 0.2) is 41.6 Å². The van der Waals surface area contributed by atoms with Crippen molar-refractivity contribution >= 4 is 10.0 Å². The number of halogens is 3. The highest BCUT2D eigenvalue weighted by atomic mass is 32.2. The number of aryl methyl sites for hydroxylation is 1.